The van der Waals surface area contributed by atoms with Crippen LogP contribution in [-0.2, 0) is 16.0 Å². The average molecular weight is 376 g/mol. The van der Waals surface area contributed by atoms with Crippen molar-refractivity contribution < 1.29 is 19.1 Å². The van der Waals surface area contributed by atoms with Crippen molar-refractivity contribution in [1.82, 2.24) is 0 Å². The summed E-state index contributed by atoms with van der Waals surface area (Å²) in [6.07, 6.45) is 0.449. The van der Waals surface area contributed by atoms with Gasteiger partial charge in [0.25, 0.3) is 0 Å². The quantitative estimate of drug-likeness (QED) is 0.313. The van der Waals surface area contributed by atoms with Gasteiger partial charge in [-0.1, -0.05) is 18.2 Å². The number of benzene rings is 2. The van der Waals surface area contributed by atoms with Gasteiger partial charge in [-0.3, -0.25) is 9.59 Å². The number of anilines is 1. The third-order valence-electron chi connectivity index (χ3n) is 3.86. The number of alkyl halides is 1. The van der Waals surface area contributed by atoms with Crippen molar-refractivity contribution in [2.45, 2.75) is 12.8 Å². The van der Waals surface area contributed by atoms with Gasteiger partial charge in [0, 0.05) is 18.3 Å². The van der Waals surface area contributed by atoms with Gasteiger partial charge < -0.3 is 14.8 Å². The second-order valence-corrected chi connectivity index (χ2v) is 6.04. The molecule has 0 saturated heterocycles. The van der Waals surface area contributed by atoms with Crippen molar-refractivity contribution in [3.8, 4) is 5.75 Å². The predicted molar refractivity (Wildman–Crippen MR) is 102 cm³/mol. The van der Waals surface area contributed by atoms with Gasteiger partial charge in [0.15, 0.2) is 5.78 Å². The van der Waals surface area contributed by atoms with Crippen LogP contribution in [0.4, 0.5) is 5.69 Å². The Bertz CT molecular complexity index is 759. The lowest BCUT2D eigenvalue weighted by Gasteiger charge is -2.11. The standard InChI is InChI=1S/C20H22ClNO4/c1-22-18-12-15(5-8-17(18)19(23)13-20(24)25-2)11-14-3-6-16(7-4-14)26-10-9-21/h3-8,12,22H,9-11,13H2,1-2H3. The Morgan fingerprint density at radius 2 is 1.77 bits per heavy atom. The number of hydrogen-bond acceptors (Lipinski definition) is 5. The maximum atomic E-state index is 12.2. The minimum absolute atomic E-state index is 0.270. The molecular weight excluding hydrogens is 354 g/mol. The van der Waals surface area contributed by atoms with Crippen LogP contribution in [-0.4, -0.2) is 38.4 Å². The highest BCUT2D eigenvalue weighted by Crippen LogP contribution is 2.22. The summed E-state index contributed by atoms with van der Waals surface area (Å²) in [5.41, 5.74) is 3.35. The predicted octanol–water partition coefficient (Wildman–Crippen LogP) is 3.68. The molecule has 138 valence electrons. The number of methoxy groups -OCH3 is 1. The molecule has 0 fully saturated rings. The molecule has 0 aliphatic rings. The van der Waals surface area contributed by atoms with Crippen LogP contribution in [0.3, 0.4) is 0 Å². The average Bonchev–Trinajstić information content (AvgIpc) is 2.67. The molecule has 6 heteroatoms. The highest BCUT2D eigenvalue weighted by molar-refractivity contribution is 6.18. The fourth-order valence-electron chi connectivity index (χ4n) is 2.55. The molecule has 0 heterocycles. The van der Waals surface area contributed by atoms with Crippen LogP contribution in [0.1, 0.15) is 27.9 Å². The molecular formula is C20H22ClNO4. The summed E-state index contributed by atoms with van der Waals surface area (Å²) in [5.74, 6) is 0.426. The summed E-state index contributed by atoms with van der Waals surface area (Å²) >= 11 is 5.61. The van der Waals surface area contributed by atoms with Gasteiger partial charge in [-0.25, -0.2) is 0 Å². The first-order valence-electron chi connectivity index (χ1n) is 8.25. The van der Waals surface area contributed by atoms with Crippen molar-refractivity contribution in [2.75, 3.05) is 32.0 Å². The molecule has 5 nitrogen and oxygen atoms in total. The van der Waals surface area contributed by atoms with Gasteiger partial charge in [0.2, 0.25) is 0 Å². The normalized spacial score (nSPS) is 10.3. The summed E-state index contributed by atoms with van der Waals surface area (Å²) in [4.78, 5) is 23.5. The number of rotatable bonds is 9. The van der Waals surface area contributed by atoms with E-state index in [2.05, 4.69) is 10.1 Å². The Hall–Kier alpha value is -2.53. The first-order valence-corrected chi connectivity index (χ1v) is 8.79. The van der Waals surface area contributed by atoms with E-state index in [1.165, 1.54) is 7.11 Å². The number of nitrogens with one attached hydrogen (secondary N) is 1. The van der Waals surface area contributed by atoms with Gasteiger partial charge in [-0.05, 0) is 41.8 Å². The second-order valence-electron chi connectivity index (χ2n) is 5.66. The van der Waals surface area contributed by atoms with Crippen molar-refractivity contribution in [3.05, 3.63) is 59.2 Å². The molecule has 0 amide bonds. The summed E-state index contributed by atoms with van der Waals surface area (Å²) in [7, 11) is 3.01. The summed E-state index contributed by atoms with van der Waals surface area (Å²) in [6, 6.07) is 13.4. The highest BCUT2D eigenvalue weighted by Gasteiger charge is 2.16. The highest BCUT2D eigenvalue weighted by atomic mass is 35.5. The molecule has 0 bridgehead atoms. The zero-order valence-electron chi connectivity index (χ0n) is 14.9. The molecule has 0 radical (unpaired) electrons. The van der Waals surface area contributed by atoms with E-state index < -0.39 is 5.97 Å². The van der Waals surface area contributed by atoms with Crippen LogP contribution >= 0.6 is 11.6 Å². The van der Waals surface area contributed by atoms with E-state index in [0.717, 1.165) is 23.3 Å². The summed E-state index contributed by atoms with van der Waals surface area (Å²) in [5, 5.41) is 3.02. The van der Waals surface area contributed by atoms with Gasteiger partial charge in [-0.15, -0.1) is 11.6 Å². The lowest BCUT2D eigenvalue weighted by molar-refractivity contribution is -0.139. The maximum Gasteiger partial charge on any atom is 0.313 e. The van der Waals surface area contributed by atoms with Crippen molar-refractivity contribution in [2.24, 2.45) is 0 Å². The molecule has 0 saturated carbocycles. The lowest BCUT2D eigenvalue weighted by Crippen LogP contribution is -2.11. The largest absolute Gasteiger partial charge is 0.492 e. The Morgan fingerprint density at radius 1 is 1.08 bits per heavy atom. The second kappa shape index (κ2) is 9.82. The SMILES string of the molecule is CNc1cc(Cc2ccc(OCCCl)cc2)ccc1C(=O)CC(=O)OC. The Balaban J connectivity index is 2.11. The first kappa shape index (κ1) is 19.8. The zero-order chi connectivity index (χ0) is 18.9. The molecule has 2 aromatic rings. The van der Waals surface area contributed by atoms with E-state index in [-0.39, 0.29) is 12.2 Å². The molecule has 0 atom stereocenters. The Labute approximate surface area is 158 Å². The number of Topliss-reactive ketones (excluding diaryl/α,β-unsaturated/α-hetero) is 1. The van der Waals surface area contributed by atoms with Crippen molar-refractivity contribution in [1.29, 1.82) is 0 Å². The van der Waals surface area contributed by atoms with Gasteiger partial charge in [0.05, 0.1) is 13.0 Å². The van der Waals surface area contributed by atoms with E-state index in [4.69, 9.17) is 16.3 Å². The topological polar surface area (TPSA) is 64.6 Å². The third kappa shape index (κ3) is 5.49. The van der Waals surface area contributed by atoms with Gasteiger partial charge in [0.1, 0.15) is 18.8 Å². The van der Waals surface area contributed by atoms with E-state index in [0.29, 0.717) is 23.7 Å². The van der Waals surface area contributed by atoms with E-state index >= 15 is 0 Å². The van der Waals surface area contributed by atoms with Crippen LogP contribution < -0.4 is 10.1 Å². The van der Waals surface area contributed by atoms with Gasteiger partial charge >= 0.3 is 5.97 Å². The maximum absolute atomic E-state index is 12.2. The number of hydrogen-bond donors (Lipinski definition) is 1. The molecule has 0 unspecified atom stereocenters. The van der Waals surface area contributed by atoms with Crippen LogP contribution in [0.5, 0.6) is 5.75 Å². The number of ketones is 1. The van der Waals surface area contributed by atoms with Crippen LogP contribution in [0, 0.1) is 0 Å². The van der Waals surface area contributed by atoms with Crippen LogP contribution in [0.15, 0.2) is 42.5 Å². The third-order valence-corrected chi connectivity index (χ3v) is 4.02. The Kier molecular flexibility index (Phi) is 7.48. The molecule has 1 N–H and O–H groups in total. The molecule has 0 aromatic heterocycles. The van der Waals surface area contributed by atoms with Crippen LogP contribution in [0.25, 0.3) is 0 Å². The number of ether oxygens (including phenoxy) is 2. The molecule has 26 heavy (non-hydrogen) atoms. The van der Waals surface area contributed by atoms with E-state index in [1.807, 2.05) is 36.4 Å². The molecule has 2 rings (SSSR count). The fraction of sp³-hybridized carbons (Fsp3) is 0.300. The summed E-state index contributed by atoms with van der Waals surface area (Å²) < 4.78 is 10.0. The lowest BCUT2D eigenvalue weighted by atomic mass is 9.99. The van der Waals surface area contributed by atoms with Gasteiger partial charge in [-0.2, -0.15) is 0 Å². The molecule has 0 spiro atoms. The molecule has 0 aliphatic carbocycles. The minimum Gasteiger partial charge on any atom is -0.492 e. The monoisotopic (exact) mass is 375 g/mol. The molecule has 2 aromatic carbocycles. The number of carbonyl (C=O) groups is 2. The van der Waals surface area contributed by atoms with Crippen molar-refractivity contribution >= 4 is 29.0 Å². The van der Waals surface area contributed by atoms with E-state index in [9.17, 15) is 9.59 Å². The molecule has 0 aliphatic heterocycles. The fourth-order valence-corrected chi connectivity index (χ4v) is 2.62. The smallest absolute Gasteiger partial charge is 0.313 e. The first-order chi connectivity index (χ1) is 12.6. The van der Waals surface area contributed by atoms with E-state index in [1.54, 1.807) is 13.1 Å². The minimum atomic E-state index is -0.544. The number of halogens is 1. The summed E-state index contributed by atoms with van der Waals surface area (Å²) in [6.45, 7) is 0.480. The van der Waals surface area contributed by atoms with Crippen molar-refractivity contribution in [3.63, 3.8) is 0 Å². The number of esters is 1. The number of carbonyl (C=O) groups excluding carboxylic acids is 2. The Morgan fingerprint density at radius 3 is 2.38 bits per heavy atom. The zero-order valence-corrected chi connectivity index (χ0v) is 15.6. The van der Waals surface area contributed by atoms with Crippen LogP contribution in [0.2, 0.25) is 0 Å².